The predicted molar refractivity (Wildman–Crippen MR) is 65.1 cm³/mol. The summed E-state index contributed by atoms with van der Waals surface area (Å²) in [6.07, 6.45) is 0. The molecule has 1 aromatic rings. The highest BCUT2D eigenvalue weighted by molar-refractivity contribution is 6.30. The number of hydrogen-bond donors (Lipinski definition) is 2. The zero-order chi connectivity index (χ0) is 13.9. The molecule has 0 aliphatic carbocycles. The fourth-order valence-electron chi connectivity index (χ4n) is 1.38. The molecule has 1 aromatic carbocycles. The van der Waals surface area contributed by atoms with E-state index in [0.29, 0.717) is 0 Å². The molecule has 0 fully saturated rings. The molecule has 0 unspecified atom stereocenters. The van der Waals surface area contributed by atoms with Crippen LogP contribution in [0.1, 0.15) is 24.2 Å². The normalized spacial score (nSPS) is 12.3. The number of benzene rings is 1. The molecule has 1 amide bonds. The van der Waals surface area contributed by atoms with Gasteiger partial charge in [0.25, 0.3) is 5.91 Å². The second-order valence-corrected chi connectivity index (χ2v) is 4.57. The first-order chi connectivity index (χ1) is 8.32. The van der Waals surface area contributed by atoms with Gasteiger partial charge < -0.3 is 10.4 Å². The minimum atomic E-state index is -1.13. The summed E-state index contributed by atoms with van der Waals surface area (Å²) in [5, 5.41) is 11.2. The van der Waals surface area contributed by atoms with Gasteiger partial charge in [-0.15, -0.1) is 0 Å². The van der Waals surface area contributed by atoms with Crippen LogP contribution in [0.25, 0.3) is 0 Å². The summed E-state index contributed by atoms with van der Waals surface area (Å²) in [5.41, 5.74) is 0.0313. The van der Waals surface area contributed by atoms with Crippen LogP contribution in [-0.4, -0.2) is 23.0 Å². The van der Waals surface area contributed by atoms with Crippen molar-refractivity contribution in [2.75, 3.05) is 0 Å². The van der Waals surface area contributed by atoms with Gasteiger partial charge in [-0.2, -0.15) is 0 Å². The lowest BCUT2D eigenvalue weighted by Crippen LogP contribution is -2.44. The van der Waals surface area contributed by atoms with Gasteiger partial charge in [-0.25, -0.2) is 9.18 Å². The minimum Gasteiger partial charge on any atom is -0.480 e. The zero-order valence-corrected chi connectivity index (χ0v) is 10.7. The molecule has 0 bridgehead atoms. The van der Waals surface area contributed by atoms with Crippen LogP contribution in [-0.2, 0) is 4.79 Å². The number of carboxylic acid groups (broad SMARTS) is 1. The van der Waals surface area contributed by atoms with E-state index >= 15 is 0 Å². The average molecular weight is 274 g/mol. The Kier molecular flexibility index (Phi) is 4.67. The third-order valence-electron chi connectivity index (χ3n) is 2.40. The van der Waals surface area contributed by atoms with Crippen molar-refractivity contribution in [2.45, 2.75) is 19.9 Å². The van der Waals surface area contributed by atoms with E-state index in [-0.39, 0.29) is 16.5 Å². The Morgan fingerprint density at radius 2 is 2.00 bits per heavy atom. The highest BCUT2D eigenvalue weighted by Gasteiger charge is 2.24. The van der Waals surface area contributed by atoms with Gasteiger partial charge in [0.1, 0.15) is 11.9 Å². The van der Waals surface area contributed by atoms with Crippen molar-refractivity contribution in [3.05, 3.63) is 34.6 Å². The average Bonchev–Trinajstić information content (AvgIpc) is 2.28. The molecule has 1 atom stereocenters. The second kappa shape index (κ2) is 5.82. The lowest BCUT2D eigenvalue weighted by atomic mass is 10.0. The Morgan fingerprint density at radius 1 is 1.39 bits per heavy atom. The van der Waals surface area contributed by atoms with Crippen LogP contribution < -0.4 is 5.32 Å². The number of carbonyl (C=O) groups is 2. The number of hydrogen-bond acceptors (Lipinski definition) is 2. The monoisotopic (exact) mass is 273 g/mol. The molecule has 2 N–H and O–H groups in total. The summed E-state index contributed by atoms with van der Waals surface area (Å²) in [7, 11) is 0. The number of nitrogens with one attached hydrogen (secondary N) is 1. The lowest BCUT2D eigenvalue weighted by Gasteiger charge is -2.17. The molecule has 1 rings (SSSR count). The Labute approximate surface area is 109 Å². The number of amides is 1. The zero-order valence-electron chi connectivity index (χ0n) is 9.91. The number of carboxylic acids is 1. The maximum atomic E-state index is 13.2. The molecular formula is C12H13ClFNO3. The minimum absolute atomic E-state index is 0.0313. The maximum absolute atomic E-state index is 13.2. The molecular weight excluding hydrogens is 261 g/mol. The molecule has 0 saturated carbocycles. The molecule has 6 heteroatoms. The van der Waals surface area contributed by atoms with Crippen molar-refractivity contribution in [2.24, 2.45) is 5.92 Å². The van der Waals surface area contributed by atoms with Crippen LogP contribution >= 0.6 is 11.6 Å². The van der Waals surface area contributed by atoms with Gasteiger partial charge in [-0.1, -0.05) is 25.4 Å². The Hall–Kier alpha value is -1.62. The first-order valence-electron chi connectivity index (χ1n) is 5.31. The van der Waals surface area contributed by atoms with E-state index < -0.39 is 23.7 Å². The third-order valence-corrected chi connectivity index (χ3v) is 2.71. The van der Waals surface area contributed by atoms with Gasteiger partial charge in [-0.3, -0.25) is 4.79 Å². The molecule has 0 heterocycles. The Balaban J connectivity index is 2.87. The molecule has 0 saturated heterocycles. The van der Waals surface area contributed by atoms with Gasteiger partial charge in [0.05, 0.1) is 5.02 Å². The van der Waals surface area contributed by atoms with E-state index in [9.17, 15) is 14.0 Å². The summed E-state index contributed by atoms with van der Waals surface area (Å²) in [5.74, 6) is -2.77. The number of rotatable bonds is 4. The molecule has 0 aliphatic heterocycles. The van der Waals surface area contributed by atoms with Crippen LogP contribution in [0.5, 0.6) is 0 Å². The van der Waals surface area contributed by atoms with Crippen LogP contribution in [0.4, 0.5) is 4.39 Å². The Morgan fingerprint density at radius 3 is 2.44 bits per heavy atom. The first kappa shape index (κ1) is 14.4. The Bertz CT molecular complexity index is 476. The van der Waals surface area contributed by atoms with E-state index in [1.54, 1.807) is 13.8 Å². The maximum Gasteiger partial charge on any atom is 0.326 e. The predicted octanol–water partition coefficient (Wildman–Crippen LogP) is 2.32. The van der Waals surface area contributed by atoms with Crippen LogP contribution in [0.15, 0.2) is 18.2 Å². The summed E-state index contributed by atoms with van der Waals surface area (Å²) in [4.78, 5) is 22.7. The summed E-state index contributed by atoms with van der Waals surface area (Å²) in [6.45, 7) is 3.34. The first-order valence-corrected chi connectivity index (χ1v) is 5.69. The van der Waals surface area contributed by atoms with Crippen LogP contribution in [0, 0.1) is 11.7 Å². The fraction of sp³-hybridized carbons (Fsp3) is 0.333. The van der Waals surface area contributed by atoms with E-state index in [4.69, 9.17) is 16.7 Å². The van der Waals surface area contributed by atoms with Crippen LogP contribution in [0.2, 0.25) is 5.02 Å². The smallest absolute Gasteiger partial charge is 0.326 e. The number of halogens is 2. The highest BCUT2D eigenvalue weighted by atomic mass is 35.5. The van der Waals surface area contributed by atoms with Gasteiger partial charge in [0, 0.05) is 5.56 Å². The summed E-state index contributed by atoms with van der Waals surface area (Å²) < 4.78 is 13.2. The van der Waals surface area contributed by atoms with E-state index in [1.165, 1.54) is 12.1 Å². The van der Waals surface area contributed by atoms with Crippen molar-refractivity contribution in [1.82, 2.24) is 5.32 Å². The highest BCUT2D eigenvalue weighted by Crippen LogP contribution is 2.15. The van der Waals surface area contributed by atoms with Gasteiger partial charge in [-0.05, 0) is 24.1 Å². The van der Waals surface area contributed by atoms with Crippen molar-refractivity contribution >= 4 is 23.5 Å². The molecule has 0 aromatic heterocycles. The third kappa shape index (κ3) is 3.43. The topological polar surface area (TPSA) is 66.4 Å². The summed E-state index contributed by atoms with van der Waals surface area (Å²) in [6, 6.07) is 2.53. The lowest BCUT2D eigenvalue weighted by molar-refractivity contribution is -0.140. The number of carbonyl (C=O) groups excluding carboxylic acids is 1. The van der Waals surface area contributed by atoms with E-state index in [0.717, 1.165) is 6.07 Å². The molecule has 4 nitrogen and oxygen atoms in total. The molecule has 0 radical (unpaired) electrons. The SMILES string of the molecule is CC(C)[C@@H](NC(=O)c1ccc(Cl)c(F)c1)C(=O)O. The number of aliphatic carboxylic acids is 1. The quantitative estimate of drug-likeness (QED) is 0.885. The molecule has 98 valence electrons. The summed E-state index contributed by atoms with van der Waals surface area (Å²) >= 11 is 5.49. The van der Waals surface area contributed by atoms with E-state index in [2.05, 4.69) is 5.32 Å². The van der Waals surface area contributed by atoms with Crippen molar-refractivity contribution in [1.29, 1.82) is 0 Å². The fourth-order valence-corrected chi connectivity index (χ4v) is 1.49. The van der Waals surface area contributed by atoms with Gasteiger partial charge in [0.2, 0.25) is 0 Å². The molecule has 18 heavy (non-hydrogen) atoms. The van der Waals surface area contributed by atoms with Crippen molar-refractivity contribution in [3.63, 3.8) is 0 Å². The standard InChI is InChI=1S/C12H13ClFNO3/c1-6(2)10(12(17)18)15-11(16)7-3-4-8(13)9(14)5-7/h3-6,10H,1-2H3,(H,15,16)(H,17,18)/t10-/m1/s1. The van der Waals surface area contributed by atoms with E-state index in [1.807, 2.05) is 0 Å². The molecule has 0 spiro atoms. The van der Waals surface area contributed by atoms with Crippen molar-refractivity contribution in [3.8, 4) is 0 Å². The second-order valence-electron chi connectivity index (χ2n) is 4.16. The van der Waals surface area contributed by atoms with Gasteiger partial charge in [0.15, 0.2) is 0 Å². The largest absolute Gasteiger partial charge is 0.480 e. The molecule has 0 aliphatic rings. The van der Waals surface area contributed by atoms with Crippen molar-refractivity contribution < 1.29 is 19.1 Å². The van der Waals surface area contributed by atoms with Crippen LogP contribution in [0.3, 0.4) is 0 Å². The van der Waals surface area contributed by atoms with Gasteiger partial charge >= 0.3 is 5.97 Å².